The zero-order chi connectivity index (χ0) is 17.0. The average Bonchev–Trinajstić information content (AvgIpc) is 2.55. The van der Waals surface area contributed by atoms with Crippen molar-refractivity contribution in [2.24, 2.45) is 0 Å². The summed E-state index contributed by atoms with van der Waals surface area (Å²) in [6.45, 7) is 2.44. The molecule has 1 heterocycles. The number of amides is 4. The van der Waals surface area contributed by atoms with Gasteiger partial charge in [0, 0.05) is 19.6 Å². The number of carbonyl (C=O) groups is 3. The van der Waals surface area contributed by atoms with Crippen molar-refractivity contribution < 1.29 is 24.3 Å². The minimum atomic E-state index is -1.10. The fourth-order valence-corrected chi connectivity index (χ4v) is 2.22. The predicted octanol–water partition coefficient (Wildman–Crippen LogP) is -0.0567. The highest BCUT2D eigenvalue weighted by Crippen LogP contribution is 2.16. The van der Waals surface area contributed by atoms with Gasteiger partial charge >= 0.3 is 17.8 Å². The van der Waals surface area contributed by atoms with E-state index in [0.29, 0.717) is 12.1 Å². The van der Waals surface area contributed by atoms with Gasteiger partial charge in [-0.25, -0.2) is 4.79 Å². The minimum Gasteiger partial charge on any atom is -0.508 e. The number of phenolic OH excluding ortho intramolecular Hbond substituents is 1. The molecule has 121 valence electrons. The van der Waals surface area contributed by atoms with Crippen LogP contribution in [0.15, 0.2) is 24.3 Å². The standard InChI is InChI=1S/C15H16N3O5/c1-2-17-7-8-18(14(22)13(17)21)15(23)16-12(9-19)10-3-5-11(20)6-4-10/h3-6,12,20H,2,7-8H2,1H3,(H,16,23). The number of phenols is 1. The van der Waals surface area contributed by atoms with Gasteiger partial charge < -0.3 is 15.3 Å². The van der Waals surface area contributed by atoms with E-state index in [4.69, 9.17) is 0 Å². The molecule has 1 unspecified atom stereocenters. The molecule has 1 fully saturated rings. The van der Waals surface area contributed by atoms with E-state index in [2.05, 4.69) is 5.32 Å². The lowest BCUT2D eigenvalue weighted by Crippen LogP contribution is -2.58. The maximum Gasteiger partial charge on any atom is 0.325 e. The second kappa shape index (κ2) is 6.91. The number of likely N-dealkylation sites (N-methyl/N-ethyl adjacent to an activating group) is 1. The van der Waals surface area contributed by atoms with Crippen LogP contribution in [0.2, 0.25) is 0 Å². The summed E-state index contributed by atoms with van der Waals surface area (Å²) in [5.74, 6) is -1.66. The SMILES string of the molecule is CCN1CCN(C(=O)NC([C]=O)c2ccc(O)cc2)C(=O)C1=O. The van der Waals surface area contributed by atoms with E-state index in [1.165, 1.54) is 29.2 Å². The van der Waals surface area contributed by atoms with Crippen LogP contribution in [0, 0.1) is 0 Å². The van der Waals surface area contributed by atoms with E-state index in [-0.39, 0.29) is 18.8 Å². The summed E-state index contributed by atoms with van der Waals surface area (Å²) in [7, 11) is 0. The molecule has 1 aliphatic heterocycles. The van der Waals surface area contributed by atoms with Gasteiger partial charge in [-0.15, -0.1) is 0 Å². The molecule has 8 heteroatoms. The molecule has 1 aromatic rings. The number of imide groups is 1. The second-order valence-electron chi connectivity index (χ2n) is 4.93. The lowest BCUT2D eigenvalue weighted by atomic mass is 10.1. The summed E-state index contributed by atoms with van der Waals surface area (Å²) in [4.78, 5) is 49.1. The molecular weight excluding hydrogens is 302 g/mol. The quantitative estimate of drug-likeness (QED) is 0.757. The lowest BCUT2D eigenvalue weighted by molar-refractivity contribution is -0.153. The van der Waals surface area contributed by atoms with Gasteiger partial charge in [-0.3, -0.25) is 19.3 Å². The molecule has 1 radical (unpaired) electrons. The highest BCUT2D eigenvalue weighted by atomic mass is 16.3. The van der Waals surface area contributed by atoms with Crippen LogP contribution < -0.4 is 5.32 Å². The fourth-order valence-electron chi connectivity index (χ4n) is 2.22. The number of aromatic hydroxyl groups is 1. The number of hydrogen-bond acceptors (Lipinski definition) is 5. The molecule has 0 saturated carbocycles. The monoisotopic (exact) mass is 318 g/mol. The summed E-state index contributed by atoms with van der Waals surface area (Å²) >= 11 is 0. The Morgan fingerprint density at radius 3 is 2.48 bits per heavy atom. The van der Waals surface area contributed by atoms with Crippen molar-refractivity contribution in [2.75, 3.05) is 19.6 Å². The third-order valence-corrected chi connectivity index (χ3v) is 3.55. The Labute approximate surface area is 132 Å². The van der Waals surface area contributed by atoms with Gasteiger partial charge in [-0.1, -0.05) is 12.1 Å². The Hall–Kier alpha value is -2.90. The molecule has 1 aliphatic rings. The summed E-state index contributed by atoms with van der Waals surface area (Å²) in [6, 6.07) is 3.69. The number of nitrogens with one attached hydrogen (secondary N) is 1. The number of benzene rings is 1. The first-order chi connectivity index (χ1) is 11.0. The van der Waals surface area contributed by atoms with Crippen molar-refractivity contribution in [2.45, 2.75) is 13.0 Å². The predicted molar refractivity (Wildman–Crippen MR) is 79.0 cm³/mol. The Balaban J connectivity index is 2.08. The molecule has 8 nitrogen and oxygen atoms in total. The molecule has 1 aromatic carbocycles. The number of nitrogens with zero attached hydrogens (tertiary/aromatic N) is 2. The zero-order valence-electron chi connectivity index (χ0n) is 12.5. The van der Waals surface area contributed by atoms with Crippen molar-refractivity contribution in [3.8, 4) is 5.75 Å². The normalized spacial score (nSPS) is 16.2. The van der Waals surface area contributed by atoms with Gasteiger partial charge in [-0.2, -0.15) is 0 Å². The summed E-state index contributed by atoms with van der Waals surface area (Å²) < 4.78 is 0. The van der Waals surface area contributed by atoms with Crippen LogP contribution in [0.4, 0.5) is 4.79 Å². The molecular formula is C15H16N3O5. The van der Waals surface area contributed by atoms with Crippen LogP contribution in [-0.2, 0) is 14.4 Å². The Morgan fingerprint density at radius 2 is 1.91 bits per heavy atom. The van der Waals surface area contributed by atoms with Gasteiger partial charge in [0.1, 0.15) is 11.8 Å². The fraction of sp³-hybridized carbons (Fsp3) is 0.333. The van der Waals surface area contributed by atoms with E-state index < -0.39 is 23.9 Å². The maximum atomic E-state index is 12.2. The second-order valence-corrected chi connectivity index (χ2v) is 4.93. The maximum absolute atomic E-state index is 12.2. The number of urea groups is 1. The van der Waals surface area contributed by atoms with Crippen LogP contribution in [0.3, 0.4) is 0 Å². The smallest absolute Gasteiger partial charge is 0.325 e. The molecule has 1 saturated heterocycles. The summed E-state index contributed by atoms with van der Waals surface area (Å²) in [5, 5.41) is 11.6. The van der Waals surface area contributed by atoms with Crippen molar-refractivity contribution in [3.05, 3.63) is 29.8 Å². The largest absolute Gasteiger partial charge is 0.508 e. The van der Waals surface area contributed by atoms with Crippen LogP contribution in [0.25, 0.3) is 0 Å². The molecule has 0 aliphatic carbocycles. The van der Waals surface area contributed by atoms with E-state index in [0.717, 1.165) is 4.90 Å². The minimum absolute atomic E-state index is 0.0150. The Kier molecular flexibility index (Phi) is 4.95. The molecule has 1 atom stereocenters. The zero-order valence-corrected chi connectivity index (χ0v) is 12.5. The molecule has 0 spiro atoms. The third-order valence-electron chi connectivity index (χ3n) is 3.55. The van der Waals surface area contributed by atoms with Crippen LogP contribution in [0.5, 0.6) is 5.75 Å². The highest BCUT2D eigenvalue weighted by Gasteiger charge is 2.36. The third kappa shape index (κ3) is 3.47. The topological polar surface area (TPSA) is 107 Å². The summed E-state index contributed by atoms with van der Waals surface area (Å²) in [5.41, 5.74) is 0.400. The molecule has 2 rings (SSSR count). The lowest BCUT2D eigenvalue weighted by Gasteiger charge is -2.32. The molecule has 0 bridgehead atoms. The van der Waals surface area contributed by atoms with Crippen molar-refractivity contribution in [1.82, 2.24) is 15.1 Å². The van der Waals surface area contributed by atoms with Crippen LogP contribution in [-0.4, -0.2) is 58.7 Å². The van der Waals surface area contributed by atoms with Crippen LogP contribution in [0.1, 0.15) is 18.5 Å². The van der Waals surface area contributed by atoms with Crippen LogP contribution >= 0.6 is 0 Å². The van der Waals surface area contributed by atoms with E-state index >= 15 is 0 Å². The van der Waals surface area contributed by atoms with Gasteiger partial charge in [0.2, 0.25) is 6.29 Å². The first-order valence-electron chi connectivity index (χ1n) is 7.05. The Morgan fingerprint density at radius 1 is 1.26 bits per heavy atom. The van der Waals surface area contributed by atoms with E-state index in [1.807, 2.05) is 0 Å². The van der Waals surface area contributed by atoms with Crippen molar-refractivity contribution in [1.29, 1.82) is 0 Å². The van der Waals surface area contributed by atoms with Gasteiger partial charge in [-0.05, 0) is 24.6 Å². The van der Waals surface area contributed by atoms with Gasteiger partial charge in [0.05, 0.1) is 0 Å². The average molecular weight is 318 g/mol. The number of carbonyl (C=O) groups excluding carboxylic acids is 4. The van der Waals surface area contributed by atoms with E-state index in [9.17, 15) is 24.3 Å². The van der Waals surface area contributed by atoms with E-state index in [1.54, 1.807) is 13.2 Å². The van der Waals surface area contributed by atoms with Crippen molar-refractivity contribution >= 4 is 24.1 Å². The van der Waals surface area contributed by atoms with Crippen molar-refractivity contribution in [3.63, 3.8) is 0 Å². The Bertz CT molecular complexity index is 629. The van der Waals surface area contributed by atoms with Gasteiger partial charge in [0.15, 0.2) is 0 Å². The molecule has 23 heavy (non-hydrogen) atoms. The van der Waals surface area contributed by atoms with Gasteiger partial charge in [0.25, 0.3) is 0 Å². The molecule has 4 amide bonds. The molecule has 0 aromatic heterocycles. The number of piperazine rings is 1. The summed E-state index contributed by atoms with van der Waals surface area (Å²) in [6.07, 6.45) is 1.66. The molecule has 2 N–H and O–H groups in total. The number of rotatable bonds is 4. The highest BCUT2D eigenvalue weighted by molar-refractivity contribution is 6.38. The number of hydrogen-bond donors (Lipinski definition) is 2. The first kappa shape index (κ1) is 16.5. The first-order valence-corrected chi connectivity index (χ1v) is 7.05.